The Morgan fingerprint density at radius 2 is 2.06 bits per heavy atom. The van der Waals surface area contributed by atoms with Crippen molar-refractivity contribution in [3.63, 3.8) is 0 Å². The van der Waals surface area contributed by atoms with Gasteiger partial charge < -0.3 is 10.1 Å². The first-order valence-corrected chi connectivity index (χ1v) is 5.14. The highest BCUT2D eigenvalue weighted by atomic mass is 16.5. The third-order valence-electron chi connectivity index (χ3n) is 2.32. The Morgan fingerprint density at radius 1 is 1.38 bits per heavy atom. The van der Waals surface area contributed by atoms with Gasteiger partial charge in [0.05, 0.1) is 5.54 Å². The van der Waals surface area contributed by atoms with Crippen molar-refractivity contribution >= 4 is 18.0 Å². The Hall–Kier alpha value is -1.84. The predicted molar refractivity (Wildman–Crippen MR) is 62.7 cm³/mol. The number of carbonyl (C=O) groups is 1. The van der Waals surface area contributed by atoms with E-state index in [0.717, 1.165) is 11.3 Å². The van der Waals surface area contributed by atoms with Gasteiger partial charge in [-0.05, 0) is 38.1 Å². The van der Waals surface area contributed by atoms with Crippen LogP contribution in [0.25, 0.3) is 0 Å². The summed E-state index contributed by atoms with van der Waals surface area (Å²) in [6.07, 6.45) is 0.654. The van der Waals surface area contributed by atoms with Crippen LogP contribution in [0, 0.1) is 0 Å². The van der Waals surface area contributed by atoms with E-state index in [9.17, 15) is 4.79 Å². The largest absolute Gasteiger partial charge is 0.475 e. The van der Waals surface area contributed by atoms with Crippen LogP contribution in [0.15, 0.2) is 29.3 Å². The molecule has 4 heteroatoms. The van der Waals surface area contributed by atoms with Crippen LogP contribution in [-0.4, -0.2) is 24.5 Å². The number of rotatable bonds is 3. The molecule has 1 heterocycles. The summed E-state index contributed by atoms with van der Waals surface area (Å²) >= 11 is 0. The van der Waals surface area contributed by atoms with Crippen molar-refractivity contribution in [1.82, 2.24) is 0 Å². The number of nitrogens with one attached hydrogen (secondary N) is 1. The maximum atomic E-state index is 10.2. The first kappa shape index (κ1) is 10.7. The summed E-state index contributed by atoms with van der Waals surface area (Å²) in [6.45, 7) is 4.67. The molecular formula is C12H14N2O2. The number of carbonyl (C=O) groups excluding carboxylic acids is 1. The number of hydrogen-bond acceptors (Lipinski definition) is 3. The normalized spacial score (nSPS) is 17.5. The lowest BCUT2D eigenvalue weighted by Crippen LogP contribution is -2.17. The summed E-state index contributed by atoms with van der Waals surface area (Å²) in [4.78, 5) is 14.7. The van der Waals surface area contributed by atoms with Gasteiger partial charge in [-0.3, -0.25) is 4.79 Å². The molecule has 16 heavy (non-hydrogen) atoms. The summed E-state index contributed by atoms with van der Waals surface area (Å²) in [6, 6.07) is 7.40. The van der Waals surface area contributed by atoms with Crippen LogP contribution in [0.3, 0.4) is 0 Å². The van der Waals surface area contributed by atoms with Gasteiger partial charge in [0.1, 0.15) is 6.61 Å². The van der Waals surface area contributed by atoms with Gasteiger partial charge in [-0.15, -0.1) is 0 Å². The van der Waals surface area contributed by atoms with Gasteiger partial charge in [0.25, 0.3) is 0 Å². The van der Waals surface area contributed by atoms with Crippen LogP contribution < -0.4 is 5.32 Å². The van der Waals surface area contributed by atoms with Crippen molar-refractivity contribution < 1.29 is 9.53 Å². The molecule has 1 N–H and O–H groups in total. The first-order valence-electron chi connectivity index (χ1n) is 5.14. The molecule has 1 aliphatic rings. The standard InChI is InChI=1S/C12H14N2O2/c1-12(2)7-16-11(14-12)9-3-5-10(6-4-9)13-8-15/h3-6,8H,7H2,1-2H3,(H,13,15). The average Bonchev–Trinajstić information content (AvgIpc) is 2.61. The number of amides is 1. The monoisotopic (exact) mass is 218 g/mol. The minimum atomic E-state index is -0.144. The lowest BCUT2D eigenvalue weighted by atomic mass is 10.1. The van der Waals surface area contributed by atoms with E-state index < -0.39 is 0 Å². The van der Waals surface area contributed by atoms with Crippen LogP contribution in [0.1, 0.15) is 19.4 Å². The molecule has 0 saturated heterocycles. The highest BCUT2D eigenvalue weighted by Gasteiger charge is 2.26. The second-order valence-corrected chi connectivity index (χ2v) is 4.36. The van der Waals surface area contributed by atoms with E-state index in [1.807, 2.05) is 38.1 Å². The molecule has 4 nitrogen and oxygen atoms in total. The molecule has 0 spiro atoms. The van der Waals surface area contributed by atoms with E-state index in [4.69, 9.17) is 4.74 Å². The highest BCUT2D eigenvalue weighted by molar-refractivity contribution is 5.95. The second kappa shape index (κ2) is 3.96. The number of ether oxygens (including phenoxy) is 1. The first-order chi connectivity index (χ1) is 7.61. The lowest BCUT2D eigenvalue weighted by Gasteiger charge is -2.07. The van der Waals surface area contributed by atoms with Crippen LogP contribution in [-0.2, 0) is 9.53 Å². The predicted octanol–water partition coefficient (Wildman–Crippen LogP) is 1.81. The van der Waals surface area contributed by atoms with Gasteiger partial charge in [-0.2, -0.15) is 0 Å². The van der Waals surface area contributed by atoms with Gasteiger partial charge in [0.15, 0.2) is 0 Å². The summed E-state index contributed by atoms with van der Waals surface area (Å²) in [5, 5.41) is 2.58. The molecule has 0 unspecified atom stereocenters. The molecule has 1 amide bonds. The van der Waals surface area contributed by atoms with Crippen molar-refractivity contribution in [2.75, 3.05) is 11.9 Å². The zero-order valence-corrected chi connectivity index (χ0v) is 9.36. The Morgan fingerprint density at radius 3 is 2.56 bits per heavy atom. The quantitative estimate of drug-likeness (QED) is 0.786. The van der Waals surface area contributed by atoms with Crippen molar-refractivity contribution in [2.24, 2.45) is 4.99 Å². The molecule has 1 aromatic carbocycles. The van der Waals surface area contributed by atoms with Gasteiger partial charge in [0, 0.05) is 11.3 Å². The second-order valence-electron chi connectivity index (χ2n) is 4.36. The van der Waals surface area contributed by atoms with Crippen molar-refractivity contribution in [1.29, 1.82) is 0 Å². The molecule has 0 aromatic heterocycles. The fraction of sp³-hybridized carbons (Fsp3) is 0.333. The Labute approximate surface area is 94.3 Å². The van der Waals surface area contributed by atoms with Crippen LogP contribution >= 0.6 is 0 Å². The third-order valence-corrected chi connectivity index (χ3v) is 2.32. The highest BCUT2D eigenvalue weighted by Crippen LogP contribution is 2.21. The summed E-state index contributed by atoms with van der Waals surface area (Å²) in [5.41, 5.74) is 1.55. The number of aliphatic imine (C=N–C) groups is 1. The number of benzene rings is 1. The van der Waals surface area contributed by atoms with E-state index in [0.29, 0.717) is 18.9 Å². The molecular weight excluding hydrogens is 204 g/mol. The molecule has 0 aliphatic carbocycles. The molecule has 1 aliphatic heterocycles. The molecule has 0 radical (unpaired) electrons. The van der Waals surface area contributed by atoms with Crippen LogP contribution in [0.2, 0.25) is 0 Å². The zero-order valence-electron chi connectivity index (χ0n) is 9.36. The zero-order chi connectivity index (χ0) is 11.6. The Bertz CT molecular complexity index is 421. The van der Waals surface area contributed by atoms with Gasteiger partial charge in [-0.1, -0.05) is 0 Å². The minimum Gasteiger partial charge on any atom is -0.475 e. The average molecular weight is 218 g/mol. The fourth-order valence-electron chi connectivity index (χ4n) is 1.51. The number of nitrogens with zero attached hydrogens (tertiary/aromatic N) is 1. The molecule has 84 valence electrons. The van der Waals surface area contributed by atoms with Crippen molar-refractivity contribution in [3.05, 3.63) is 29.8 Å². The van der Waals surface area contributed by atoms with Gasteiger partial charge in [-0.25, -0.2) is 4.99 Å². The smallest absolute Gasteiger partial charge is 0.216 e. The van der Waals surface area contributed by atoms with Crippen molar-refractivity contribution in [2.45, 2.75) is 19.4 Å². The fourth-order valence-corrected chi connectivity index (χ4v) is 1.51. The molecule has 0 saturated carbocycles. The maximum Gasteiger partial charge on any atom is 0.216 e. The van der Waals surface area contributed by atoms with Crippen LogP contribution in [0.5, 0.6) is 0 Å². The number of anilines is 1. The molecule has 1 aromatic rings. The summed E-state index contributed by atoms with van der Waals surface area (Å²) < 4.78 is 5.51. The van der Waals surface area contributed by atoms with E-state index in [-0.39, 0.29) is 5.54 Å². The number of hydrogen-bond donors (Lipinski definition) is 1. The Kier molecular flexibility index (Phi) is 2.64. The summed E-state index contributed by atoms with van der Waals surface area (Å²) in [7, 11) is 0. The molecule has 2 rings (SSSR count). The van der Waals surface area contributed by atoms with E-state index in [2.05, 4.69) is 10.3 Å². The van der Waals surface area contributed by atoms with Crippen molar-refractivity contribution in [3.8, 4) is 0 Å². The summed E-state index contributed by atoms with van der Waals surface area (Å²) in [5.74, 6) is 0.669. The Balaban J connectivity index is 2.20. The van der Waals surface area contributed by atoms with Gasteiger partial charge in [0.2, 0.25) is 12.3 Å². The molecule has 0 bridgehead atoms. The molecule has 0 fully saturated rings. The maximum absolute atomic E-state index is 10.2. The minimum absolute atomic E-state index is 0.144. The van der Waals surface area contributed by atoms with E-state index in [1.54, 1.807) is 0 Å². The van der Waals surface area contributed by atoms with Gasteiger partial charge >= 0.3 is 0 Å². The molecule has 0 atom stereocenters. The topological polar surface area (TPSA) is 50.7 Å². The SMILES string of the molecule is CC1(C)COC(c2ccc(NC=O)cc2)=N1. The van der Waals surface area contributed by atoms with Crippen LogP contribution in [0.4, 0.5) is 5.69 Å². The lowest BCUT2D eigenvalue weighted by molar-refractivity contribution is -0.105. The van der Waals surface area contributed by atoms with E-state index >= 15 is 0 Å². The third kappa shape index (κ3) is 2.21. The van der Waals surface area contributed by atoms with E-state index in [1.165, 1.54) is 0 Å².